The van der Waals surface area contributed by atoms with Crippen molar-refractivity contribution < 1.29 is 14.0 Å². The molecule has 1 aromatic carbocycles. The van der Waals surface area contributed by atoms with Gasteiger partial charge in [0.05, 0.1) is 37.4 Å². The number of hydrogen-bond donors (Lipinski definition) is 0. The second-order valence-corrected chi connectivity index (χ2v) is 7.61. The smallest absolute Gasteiger partial charge is 0.138 e. The first-order valence-corrected chi connectivity index (χ1v) is 10.2. The van der Waals surface area contributed by atoms with Crippen molar-refractivity contribution in [3.63, 3.8) is 0 Å². The van der Waals surface area contributed by atoms with Crippen molar-refractivity contribution >= 4 is 5.69 Å². The molecule has 0 unspecified atom stereocenters. The highest BCUT2D eigenvalue weighted by molar-refractivity contribution is 5.43. The van der Waals surface area contributed by atoms with E-state index in [4.69, 9.17) is 14.0 Å². The second-order valence-electron chi connectivity index (χ2n) is 7.61. The summed E-state index contributed by atoms with van der Waals surface area (Å²) in [6.07, 6.45) is 4.03. The lowest BCUT2D eigenvalue weighted by molar-refractivity contribution is 0.145. The minimum Gasteiger partial charge on any atom is -0.491 e. The number of anilines is 1. The summed E-state index contributed by atoms with van der Waals surface area (Å²) in [5.41, 5.74) is 4.35. The van der Waals surface area contributed by atoms with E-state index in [1.165, 1.54) is 5.56 Å². The fourth-order valence-electron chi connectivity index (χ4n) is 3.73. The third-order valence-corrected chi connectivity index (χ3v) is 5.45. The van der Waals surface area contributed by atoms with Crippen molar-refractivity contribution in [3.05, 3.63) is 59.2 Å². The maximum absolute atomic E-state index is 5.88. The van der Waals surface area contributed by atoms with E-state index < -0.39 is 0 Å². The van der Waals surface area contributed by atoms with Crippen LogP contribution in [0, 0.1) is 13.8 Å². The van der Waals surface area contributed by atoms with E-state index in [-0.39, 0.29) is 0 Å². The molecular weight excluding hydrogens is 382 g/mol. The first kappa shape index (κ1) is 20.4. The molecule has 0 N–H and O–H groups in total. The number of aromatic nitrogens is 3. The van der Waals surface area contributed by atoms with Crippen LogP contribution >= 0.6 is 0 Å². The molecule has 0 saturated carbocycles. The van der Waals surface area contributed by atoms with Crippen LogP contribution in [0.25, 0.3) is 0 Å². The summed E-state index contributed by atoms with van der Waals surface area (Å²) >= 11 is 0. The van der Waals surface area contributed by atoms with Gasteiger partial charge in [-0.05, 0) is 19.9 Å². The Bertz CT molecular complexity index is 948. The van der Waals surface area contributed by atoms with Crippen LogP contribution in [0.4, 0.5) is 5.69 Å². The lowest BCUT2D eigenvalue weighted by Crippen LogP contribution is -2.25. The molecule has 8 heteroatoms. The molecule has 3 aromatic rings. The second kappa shape index (κ2) is 9.32. The van der Waals surface area contributed by atoms with Crippen LogP contribution < -0.4 is 9.64 Å². The summed E-state index contributed by atoms with van der Waals surface area (Å²) in [7, 11) is 1.69. The predicted molar refractivity (Wildman–Crippen MR) is 114 cm³/mol. The number of rotatable bonds is 9. The van der Waals surface area contributed by atoms with Gasteiger partial charge in [-0.3, -0.25) is 9.58 Å². The topological polar surface area (TPSA) is 68.8 Å². The number of ether oxygens (including phenoxy) is 2. The van der Waals surface area contributed by atoms with Gasteiger partial charge in [-0.2, -0.15) is 5.10 Å². The molecule has 3 heterocycles. The Hall–Kier alpha value is -2.84. The van der Waals surface area contributed by atoms with Gasteiger partial charge < -0.3 is 18.9 Å². The van der Waals surface area contributed by atoms with Gasteiger partial charge in [-0.1, -0.05) is 23.4 Å². The Morgan fingerprint density at radius 1 is 1.10 bits per heavy atom. The highest BCUT2D eigenvalue weighted by Crippen LogP contribution is 2.24. The number of aryl methyl sites for hydroxylation is 2. The Kier molecular flexibility index (Phi) is 6.35. The predicted octanol–water partition coefficient (Wildman–Crippen LogP) is 2.84. The quantitative estimate of drug-likeness (QED) is 0.502. The van der Waals surface area contributed by atoms with Gasteiger partial charge in [-0.25, -0.2) is 0 Å². The van der Waals surface area contributed by atoms with Gasteiger partial charge in [0.2, 0.25) is 0 Å². The van der Waals surface area contributed by atoms with Crippen LogP contribution in [-0.4, -0.2) is 59.9 Å². The highest BCUT2D eigenvalue weighted by atomic mass is 16.5. The maximum Gasteiger partial charge on any atom is 0.138 e. The van der Waals surface area contributed by atoms with E-state index in [2.05, 4.69) is 38.4 Å². The molecule has 2 aromatic heterocycles. The van der Waals surface area contributed by atoms with Crippen molar-refractivity contribution in [1.29, 1.82) is 0 Å². The molecule has 0 spiro atoms. The Balaban J connectivity index is 1.36. The molecule has 8 nitrogen and oxygen atoms in total. The van der Waals surface area contributed by atoms with Gasteiger partial charge in [0.1, 0.15) is 18.1 Å². The summed E-state index contributed by atoms with van der Waals surface area (Å²) in [5.74, 6) is 1.78. The molecule has 160 valence electrons. The molecule has 0 atom stereocenters. The average molecular weight is 412 g/mol. The zero-order chi connectivity index (χ0) is 20.9. The molecule has 0 aliphatic carbocycles. The summed E-state index contributed by atoms with van der Waals surface area (Å²) in [6, 6.07) is 8.23. The molecule has 1 saturated heterocycles. The van der Waals surface area contributed by atoms with Crippen LogP contribution in [0.3, 0.4) is 0 Å². The van der Waals surface area contributed by atoms with E-state index in [0.29, 0.717) is 19.8 Å². The number of methoxy groups -OCH3 is 1. The third-order valence-electron chi connectivity index (χ3n) is 5.45. The van der Waals surface area contributed by atoms with Crippen LogP contribution in [0.15, 0.2) is 41.2 Å². The van der Waals surface area contributed by atoms with Crippen molar-refractivity contribution in [2.45, 2.75) is 26.9 Å². The zero-order valence-electron chi connectivity index (χ0n) is 17.9. The Labute approximate surface area is 177 Å². The number of benzene rings is 1. The number of para-hydroxylation sites is 1. The van der Waals surface area contributed by atoms with Crippen molar-refractivity contribution in [2.24, 2.45) is 0 Å². The molecule has 0 amide bonds. The largest absolute Gasteiger partial charge is 0.491 e. The maximum atomic E-state index is 5.88. The van der Waals surface area contributed by atoms with Gasteiger partial charge in [0.25, 0.3) is 0 Å². The van der Waals surface area contributed by atoms with Crippen LogP contribution in [-0.2, 0) is 17.8 Å². The Morgan fingerprint density at radius 2 is 1.97 bits per heavy atom. The fraction of sp³-hybridized carbons (Fsp3) is 0.455. The van der Waals surface area contributed by atoms with Gasteiger partial charge in [-0.15, -0.1) is 0 Å². The van der Waals surface area contributed by atoms with E-state index in [0.717, 1.165) is 54.8 Å². The molecule has 1 aliphatic rings. The minimum atomic E-state index is 0.559. The summed E-state index contributed by atoms with van der Waals surface area (Å²) in [6.45, 7) is 9.42. The molecule has 1 aliphatic heterocycles. The molecule has 0 radical (unpaired) electrons. The van der Waals surface area contributed by atoms with Crippen molar-refractivity contribution in [1.82, 2.24) is 19.8 Å². The summed E-state index contributed by atoms with van der Waals surface area (Å²) in [4.78, 5) is 4.77. The summed E-state index contributed by atoms with van der Waals surface area (Å²) in [5, 5.41) is 8.56. The van der Waals surface area contributed by atoms with E-state index in [1.54, 1.807) is 7.11 Å². The SMILES string of the molecule is COCCOc1ccccc1CN1CCN(c2cnn(Cc3c(C)noc3C)c2)C1. The standard InChI is InChI=1S/C22H29N5O3/c1-17-21(18(2)30-24-17)15-27-14-20(12-23-27)26-9-8-25(16-26)13-19-6-4-5-7-22(19)29-11-10-28-3/h4-7,12,14H,8-11,13,15-16H2,1-3H3. The van der Waals surface area contributed by atoms with Gasteiger partial charge >= 0.3 is 0 Å². The average Bonchev–Trinajstić information content (AvgIpc) is 3.47. The molecule has 30 heavy (non-hydrogen) atoms. The van der Waals surface area contributed by atoms with Crippen LogP contribution in [0.1, 0.15) is 22.6 Å². The molecular formula is C22H29N5O3. The third kappa shape index (κ3) is 4.66. The zero-order valence-corrected chi connectivity index (χ0v) is 17.9. The fourth-order valence-corrected chi connectivity index (χ4v) is 3.73. The van der Waals surface area contributed by atoms with Crippen LogP contribution in [0.2, 0.25) is 0 Å². The van der Waals surface area contributed by atoms with Crippen molar-refractivity contribution in [3.8, 4) is 5.75 Å². The van der Waals surface area contributed by atoms with E-state index in [9.17, 15) is 0 Å². The molecule has 4 rings (SSSR count). The minimum absolute atomic E-state index is 0.559. The van der Waals surface area contributed by atoms with Gasteiger partial charge in [0, 0.05) is 44.1 Å². The first-order valence-electron chi connectivity index (χ1n) is 10.2. The van der Waals surface area contributed by atoms with Crippen molar-refractivity contribution in [2.75, 3.05) is 45.0 Å². The Morgan fingerprint density at radius 3 is 2.77 bits per heavy atom. The number of hydrogen-bond acceptors (Lipinski definition) is 7. The lowest BCUT2D eigenvalue weighted by atomic mass is 10.2. The molecule has 0 bridgehead atoms. The molecule has 1 fully saturated rings. The van der Waals surface area contributed by atoms with Crippen LogP contribution in [0.5, 0.6) is 5.75 Å². The lowest BCUT2D eigenvalue weighted by Gasteiger charge is -2.19. The van der Waals surface area contributed by atoms with E-state index in [1.807, 2.05) is 36.9 Å². The highest BCUT2D eigenvalue weighted by Gasteiger charge is 2.22. The number of nitrogens with zero attached hydrogens (tertiary/aromatic N) is 5. The first-order chi connectivity index (χ1) is 14.6. The van der Waals surface area contributed by atoms with Gasteiger partial charge in [0.15, 0.2) is 0 Å². The monoisotopic (exact) mass is 411 g/mol. The normalized spacial score (nSPS) is 14.6. The summed E-state index contributed by atoms with van der Waals surface area (Å²) < 4.78 is 18.2. The van der Waals surface area contributed by atoms with E-state index >= 15 is 0 Å².